The molecule has 1 atom stereocenters. The van der Waals surface area contributed by atoms with Crippen molar-refractivity contribution >= 4 is 27.8 Å². The van der Waals surface area contributed by atoms with Gasteiger partial charge in [0.15, 0.2) is 0 Å². The van der Waals surface area contributed by atoms with Crippen molar-refractivity contribution in [1.82, 2.24) is 14.5 Å². The van der Waals surface area contributed by atoms with E-state index in [9.17, 15) is 0 Å². The van der Waals surface area contributed by atoms with Crippen molar-refractivity contribution in [3.05, 3.63) is 66.5 Å². The number of hydrogen-bond donors (Lipinski definition) is 1. The maximum absolute atomic E-state index is 6.11. The van der Waals surface area contributed by atoms with Gasteiger partial charge in [-0.05, 0) is 18.6 Å². The lowest BCUT2D eigenvalue weighted by atomic mass is 10.1. The summed E-state index contributed by atoms with van der Waals surface area (Å²) >= 11 is 0. The maximum atomic E-state index is 6.11. The zero-order valence-corrected chi connectivity index (χ0v) is 12.3. The quantitative estimate of drug-likeness (QED) is 0.610. The molecule has 4 aromatic rings. The Balaban J connectivity index is 2.10. The van der Waals surface area contributed by atoms with Gasteiger partial charge in [0.1, 0.15) is 17.8 Å². The number of anilines is 1. The van der Waals surface area contributed by atoms with Crippen molar-refractivity contribution in [2.45, 2.75) is 13.0 Å². The van der Waals surface area contributed by atoms with Gasteiger partial charge < -0.3 is 10.3 Å². The molecule has 0 radical (unpaired) electrons. The zero-order chi connectivity index (χ0) is 15.1. The van der Waals surface area contributed by atoms with E-state index in [1.807, 2.05) is 18.2 Å². The van der Waals surface area contributed by atoms with Crippen molar-refractivity contribution in [2.75, 3.05) is 5.73 Å². The molecule has 0 spiro atoms. The lowest BCUT2D eigenvalue weighted by molar-refractivity contribution is 0.679. The fraction of sp³-hybridized carbons (Fsp3) is 0.111. The molecular weight excluding hydrogens is 272 g/mol. The minimum atomic E-state index is 0.165. The zero-order valence-electron chi connectivity index (χ0n) is 12.3. The first-order valence-electron chi connectivity index (χ1n) is 7.31. The number of hydrogen-bond acceptors (Lipinski definition) is 3. The average Bonchev–Trinajstić information content (AvgIpc) is 2.90. The highest BCUT2D eigenvalue weighted by molar-refractivity contribution is 6.11. The normalized spacial score (nSPS) is 12.8. The van der Waals surface area contributed by atoms with Crippen LogP contribution in [0.1, 0.15) is 18.5 Å². The van der Waals surface area contributed by atoms with E-state index in [2.05, 4.69) is 57.9 Å². The van der Waals surface area contributed by atoms with Crippen LogP contribution in [0.4, 0.5) is 5.82 Å². The van der Waals surface area contributed by atoms with Crippen LogP contribution in [0.5, 0.6) is 0 Å². The summed E-state index contributed by atoms with van der Waals surface area (Å²) in [5.41, 5.74) is 9.35. The van der Waals surface area contributed by atoms with Crippen molar-refractivity contribution in [2.24, 2.45) is 0 Å². The summed E-state index contributed by atoms with van der Waals surface area (Å²) in [4.78, 5) is 8.65. The Kier molecular flexibility index (Phi) is 2.82. The molecule has 2 heterocycles. The molecule has 4 nitrogen and oxygen atoms in total. The smallest absolute Gasteiger partial charge is 0.147 e. The third-order valence-corrected chi connectivity index (χ3v) is 4.19. The SMILES string of the molecule is C[C@H](c1ccccc1)n1c2ccccc2c2c(N)ncnc21. The van der Waals surface area contributed by atoms with Crippen LogP contribution in [0.2, 0.25) is 0 Å². The van der Waals surface area contributed by atoms with E-state index in [-0.39, 0.29) is 6.04 Å². The van der Waals surface area contributed by atoms with E-state index in [4.69, 9.17) is 5.73 Å². The average molecular weight is 288 g/mol. The number of para-hydroxylation sites is 1. The maximum Gasteiger partial charge on any atom is 0.147 e. The Labute approximate surface area is 128 Å². The number of nitrogens with zero attached hydrogens (tertiary/aromatic N) is 3. The summed E-state index contributed by atoms with van der Waals surface area (Å²) in [5, 5.41) is 2.03. The van der Waals surface area contributed by atoms with Gasteiger partial charge in [0.2, 0.25) is 0 Å². The first kappa shape index (κ1) is 12.8. The number of aromatic nitrogens is 3. The molecule has 0 bridgehead atoms. The predicted octanol–water partition coefficient (Wildman–Crippen LogP) is 3.78. The van der Waals surface area contributed by atoms with Gasteiger partial charge in [-0.15, -0.1) is 0 Å². The molecule has 0 aliphatic heterocycles. The van der Waals surface area contributed by atoms with E-state index in [1.165, 1.54) is 11.9 Å². The lowest BCUT2D eigenvalue weighted by Crippen LogP contribution is -2.07. The third-order valence-electron chi connectivity index (χ3n) is 4.19. The highest BCUT2D eigenvalue weighted by Gasteiger charge is 2.18. The summed E-state index contributed by atoms with van der Waals surface area (Å²) < 4.78 is 2.23. The van der Waals surface area contributed by atoms with Gasteiger partial charge in [0.05, 0.1) is 16.9 Å². The molecule has 4 rings (SSSR count). The van der Waals surface area contributed by atoms with Crippen molar-refractivity contribution in [3.63, 3.8) is 0 Å². The van der Waals surface area contributed by atoms with Crippen LogP contribution in [0, 0.1) is 0 Å². The molecule has 0 aliphatic rings. The molecule has 4 heteroatoms. The summed E-state index contributed by atoms with van der Waals surface area (Å²) in [5.74, 6) is 0.528. The molecule has 0 saturated carbocycles. The molecule has 0 fully saturated rings. The number of nitrogen functional groups attached to an aromatic ring is 1. The van der Waals surface area contributed by atoms with Gasteiger partial charge in [-0.3, -0.25) is 0 Å². The standard InChI is InChI=1S/C18H16N4/c1-12(13-7-3-2-4-8-13)22-15-10-6-5-9-14(15)16-17(19)20-11-21-18(16)22/h2-12H,1H3,(H2,19,20,21)/t12-/m1/s1. The molecule has 22 heavy (non-hydrogen) atoms. The largest absolute Gasteiger partial charge is 0.383 e. The van der Waals surface area contributed by atoms with Gasteiger partial charge in [-0.25, -0.2) is 9.97 Å². The number of benzene rings is 2. The molecule has 2 aromatic heterocycles. The molecule has 0 aliphatic carbocycles. The third kappa shape index (κ3) is 1.77. The fourth-order valence-electron chi connectivity index (χ4n) is 3.11. The van der Waals surface area contributed by atoms with Crippen LogP contribution in [0.15, 0.2) is 60.9 Å². The first-order chi connectivity index (χ1) is 10.8. The van der Waals surface area contributed by atoms with Crippen molar-refractivity contribution in [1.29, 1.82) is 0 Å². The minimum absolute atomic E-state index is 0.165. The second-order valence-corrected chi connectivity index (χ2v) is 5.43. The van der Waals surface area contributed by atoms with Crippen LogP contribution in [0.25, 0.3) is 21.9 Å². The van der Waals surface area contributed by atoms with Crippen LogP contribution in [0.3, 0.4) is 0 Å². The summed E-state index contributed by atoms with van der Waals surface area (Å²) in [6.45, 7) is 2.18. The van der Waals surface area contributed by atoms with Gasteiger partial charge in [-0.2, -0.15) is 0 Å². The van der Waals surface area contributed by atoms with Crippen molar-refractivity contribution < 1.29 is 0 Å². The highest BCUT2D eigenvalue weighted by Crippen LogP contribution is 2.34. The van der Waals surface area contributed by atoms with Crippen LogP contribution < -0.4 is 5.73 Å². The van der Waals surface area contributed by atoms with Crippen LogP contribution in [-0.4, -0.2) is 14.5 Å². The molecule has 108 valence electrons. The summed E-state index contributed by atoms with van der Waals surface area (Å²) in [6.07, 6.45) is 1.53. The second kappa shape index (κ2) is 4.84. The molecule has 2 N–H and O–H groups in total. The molecule has 2 aromatic carbocycles. The van der Waals surface area contributed by atoms with E-state index >= 15 is 0 Å². The van der Waals surface area contributed by atoms with Crippen LogP contribution >= 0.6 is 0 Å². The summed E-state index contributed by atoms with van der Waals surface area (Å²) in [6, 6.07) is 18.8. The Morgan fingerprint density at radius 3 is 2.50 bits per heavy atom. The molecule has 0 saturated heterocycles. The lowest BCUT2D eigenvalue weighted by Gasteiger charge is -2.16. The molecule has 0 unspecified atom stereocenters. The van der Waals surface area contributed by atoms with E-state index in [1.54, 1.807) is 0 Å². The number of fused-ring (bicyclic) bond motifs is 3. The predicted molar refractivity (Wildman–Crippen MR) is 89.7 cm³/mol. The van der Waals surface area contributed by atoms with E-state index in [0.29, 0.717) is 5.82 Å². The van der Waals surface area contributed by atoms with Gasteiger partial charge in [-0.1, -0.05) is 48.5 Å². The van der Waals surface area contributed by atoms with Gasteiger partial charge in [0, 0.05) is 5.39 Å². The van der Waals surface area contributed by atoms with Gasteiger partial charge >= 0.3 is 0 Å². The summed E-state index contributed by atoms with van der Waals surface area (Å²) in [7, 11) is 0. The monoisotopic (exact) mass is 288 g/mol. The Morgan fingerprint density at radius 2 is 1.68 bits per heavy atom. The van der Waals surface area contributed by atoms with Crippen molar-refractivity contribution in [3.8, 4) is 0 Å². The van der Waals surface area contributed by atoms with Gasteiger partial charge in [0.25, 0.3) is 0 Å². The Morgan fingerprint density at radius 1 is 0.955 bits per heavy atom. The van der Waals surface area contributed by atoms with Crippen LogP contribution in [-0.2, 0) is 0 Å². The van der Waals surface area contributed by atoms with E-state index < -0.39 is 0 Å². The molecular formula is C18H16N4. The highest BCUT2D eigenvalue weighted by atomic mass is 15.1. The molecule has 0 amide bonds. The Hall–Kier alpha value is -2.88. The van der Waals surface area contributed by atoms with E-state index in [0.717, 1.165) is 21.9 Å². The Bertz CT molecular complexity index is 957. The second-order valence-electron chi connectivity index (χ2n) is 5.43. The first-order valence-corrected chi connectivity index (χ1v) is 7.31. The number of nitrogens with two attached hydrogens (primary N) is 1. The topological polar surface area (TPSA) is 56.7 Å². The number of rotatable bonds is 2. The fourth-order valence-corrected chi connectivity index (χ4v) is 3.11. The minimum Gasteiger partial charge on any atom is -0.383 e.